The number of hydrogen-bond donors (Lipinski definition) is 0. The summed E-state index contributed by atoms with van der Waals surface area (Å²) in [6, 6.07) is 0. The number of ether oxygens (including phenoxy) is 2. The quantitative estimate of drug-likeness (QED) is 0.796. The van der Waals surface area contributed by atoms with E-state index in [1.54, 1.807) is 17.7 Å². The number of halogens is 3. The van der Waals surface area contributed by atoms with E-state index in [9.17, 15) is 21.6 Å². The second-order valence-electron chi connectivity index (χ2n) is 5.93. The first-order chi connectivity index (χ1) is 10.5. The van der Waals surface area contributed by atoms with Crippen molar-refractivity contribution in [3.05, 3.63) is 10.8 Å². The van der Waals surface area contributed by atoms with Crippen LogP contribution in [0.3, 0.4) is 0 Å². The SMILES string of the molecule is CN(CC1(C)COc2cscc2OC1)S(=O)(=O)CCC(F)(F)F. The number of alkyl halides is 3. The molecule has 0 fully saturated rings. The van der Waals surface area contributed by atoms with Crippen LogP contribution >= 0.6 is 11.3 Å². The highest BCUT2D eigenvalue weighted by molar-refractivity contribution is 7.89. The zero-order chi connectivity index (χ0) is 17.3. The van der Waals surface area contributed by atoms with E-state index in [0.29, 0.717) is 11.5 Å². The minimum absolute atomic E-state index is 0.0148. The Morgan fingerprint density at radius 2 is 1.78 bits per heavy atom. The molecule has 2 rings (SSSR count). The minimum atomic E-state index is -4.50. The van der Waals surface area contributed by atoms with Crippen LogP contribution in [0.25, 0.3) is 0 Å². The third-order valence-electron chi connectivity index (χ3n) is 3.47. The van der Waals surface area contributed by atoms with Gasteiger partial charge in [-0.3, -0.25) is 0 Å². The molecule has 0 N–H and O–H groups in total. The largest absolute Gasteiger partial charge is 0.488 e. The van der Waals surface area contributed by atoms with Crippen LogP contribution in [0, 0.1) is 5.41 Å². The fourth-order valence-electron chi connectivity index (χ4n) is 2.16. The molecule has 132 valence electrons. The minimum Gasteiger partial charge on any atom is -0.488 e. The van der Waals surface area contributed by atoms with Gasteiger partial charge in [0.2, 0.25) is 10.0 Å². The van der Waals surface area contributed by atoms with Crippen molar-refractivity contribution in [1.82, 2.24) is 4.31 Å². The van der Waals surface area contributed by atoms with Gasteiger partial charge in [0, 0.05) is 29.8 Å². The predicted octanol–water partition coefficient (Wildman–Crippen LogP) is 2.74. The van der Waals surface area contributed by atoms with E-state index in [1.165, 1.54) is 18.4 Å². The van der Waals surface area contributed by atoms with Gasteiger partial charge in [-0.1, -0.05) is 6.92 Å². The fourth-order valence-corrected chi connectivity index (χ4v) is 4.15. The Kier molecular flexibility index (Phi) is 5.17. The van der Waals surface area contributed by atoms with Crippen molar-refractivity contribution >= 4 is 21.4 Å². The van der Waals surface area contributed by atoms with Crippen LogP contribution < -0.4 is 9.47 Å². The van der Waals surface area contributed by atoms with Crippen LogP contribution in [0.2, 0.25) is 0 Å². The maximum Gasteiger partial charge on any atom is 0.390 e. The number of sulfonamides is 1. The molecule has 23 heavy (non-hydrogen) atoms. The predicted molar refractivity (Wildman–Crippen MR) is 80.5 cm³/mol. The van der Waals surface area contributed by atoms with Crippen LogP contribution in [0.1, 0.15) is 13.3 Å². The van der Waals surface area contributed by atoms with Crippen molar-refractivity contribution in [3.8, 4) is 11.5 Å². The number of rotatable bonds is 5. The average Bonchev–Trinajstić information content (AvgIpc) is 2.82. The molecule has 0 unspecified atom stereocenters. The van der Waals surface area contributed by atoms with Gasteiger partial charge in [0.05, 0.1) is 25.4 Å². The van der Waals surface area contributed by atoms with E-state index in [2.05, 4.69) is 0 Å². The Bertz CT molecular complexity index is 619. The Morgan fingerprint density at radius 1 is 1.26 bits per heavy atom. The van der Waals surface area contributed by atoms with E-state index in [0.717, 1.165) is 4.31 Å². The third kappa shape index (κ3) is 4.98. The molecule has 0 saturated heterocycles. The lowest BCUT2D eigenvalue weighted by Crippen LogP contribution is -2.44. The van der Waals surface area contributed by atoms with Gasteiger partial charge in [0.25, 0.3) is 0 Å². The molecule has 1 aliphatic rings. The second kappa shape index (κ2) is 6.48. The first-order valence-electron chi connectivity index (χ1n) is 6.83. The van der Waals surface area contributed by atoms with Gasteiger partial charge < -0.3 is 9.47 Å². The summed E-state index contributed by atoms with van der Waals surface area (Å²) in [6.45, 7) is 2.23. The summed E-state index contributed by atoms with van der Waals surface area (Å²) in [4.78, 5) is 0. The van der Waals surface area contributed by atoms with Crippen molar-refractivity contribution in [1.29, 1.82) is 0 Å². The molecule has 0 amide bonds. The molecular formula is C13H18F3NO4S2. The molecule has 1 aliphatic heterocycles. The molecule has 0 atom stereocenters. The molecule has 5 nitrogen and oxygen atoms in total. The zero-order valence-electron chi connectivity index (χ0n) is 12.7. The molecule has 0 aliphatic carbocycles. The Hall–Kier alpha value is -1.00. The van der Waals surface area contributed by atoms with Crippen molar-refractivity contribution in [2.45, 2.75) is 19.5 Å². The van der Waals surface area contributed by atoms with Gasteiger partial charge in [-0.2, -0.15) is 13.2 Å². The molecule has 10 heteroatoms. The molecule has 1 aromatic rings. The molecule has 0 spiro atoms. The smallest absolute Gasteiger partial charge is 0.390 e. The van der Waals surface area contributed by atoms with Gasteiger partial charge in [-0.05, 0) is 0 Å². The summed E-state index contributed by atoms with van der Waals surface area (Å²) in [5, 5.41) is 3.57. The maximum atomic E-state index is 12.2. The Labute approximate surface area is 137 Å². The zero-order valence-corrected chi connectivity index (χ0v) is 14.4. The van der Waals surface area contributed by atoms with Gasteiger partial charge in [0.15, 0.2) is 11.5 Å². The van der Waals surface area contributed by atoms with Crippen LogP contribution in [0.5, 0.6) is 11.5 Å². The summed E-state index contributed by atoms with van der Waals surface area (Å²) in [6.07, 6.45) is -5.86. The highest BCUT2D eigenvalue weighted by atomic mass is 32.2. The normalized spacial score (nSPS) is 18.0. The molecule has 0 aromatic carbocycles. The summed E-state index contributed by atoms with van der Waals surface area (Å²) in [7, 11) is -2.72. The van der Waals surface area contributed by atoms with Crippen molar-refractivity contribution < 1.29 is 31.1 Å². The number of nitrogens with zero attached hydrogens (tertiary/aromatic N) is 1. The first-order valence-corrected chi connectivity index (χ1v) is 9.39. The average molecular weight is 373 g/mol. The summed E-state index contributed by atoms with van der Waals surface area (Å²) in [5.74, 6) is 0.236. The van der Waals surface area contributed by atoms with Gasteiger partial charge in [-0.15, -0.1) is 11.3 Å². The number of thiophene rings is 1. The lowest BCUT2D eigenvalue weighted by Gasteiger charge is -2.31. The van der Waals surface area contributed by atoms with Crippen molar-refractivity contribution in [2.75, 3.05) is 32.6 Å². The Morgan fingerprint density at radius 3 is 2.26 bits per heavy atom. The standard InChI is InChI=1S/C13H18F3NO4S2/c1-12(8-20-10-5-22-6-11(10)21-9-12)7-17(2)23(18,19)4-3-13(14,15)16/h5-6H,3-4,7-9H2,1-2H3. The first kappa shape index (κ1) is 18.3. The lowest BCUT2D eigenvalue weighted by atomic mass is 9.93. The second-order valence-corrected chi connectivity index (χ2v) is 8.86. The van der Waals surface area contributed by atoms with Crippen LogP contribution in [0.15, 0.2) is 10.8 Å². The van der Waals surface area contributed by atoms with E-state index in [-0.39, 0.29) is 19.8 Å². The van der Waals surface area contributed by atoms with Crippen molar-refractivity contribution in [3.63, 3.8) is 0 Å². The van der Waals surface area contributed by atoms with Gasteiger partial charge in [-0.25, -0.2) is 12.7 Å². The van der Waals surface area contributed by atoms with Gasteiger partial charge >= 0.3 is 6.18 Å². The van der Waals surface area contributed by atoms with Crippen LogP contribution in [-0.4, -0.2) is 51.5 Å². The highest BCUT2D eigenvalue weighted by Crippen LogP contribution is 2.37. The van der Waals surface area contributed by atoms with E-state index < -0.39 is 33.8 Å². The molecule has 2 heterocycles. The summed E-state index contributed by atoms with van der Waals surface area (Å²) in [5.41, 5.74) is -0.656. The van der Waals surface area contributed by atoms with Crippen molar-refractivity contribution in [2.24, 2.45) is 5.41 Å². The number of hydrogen-bond acceptors (Lipinski definition) is 5. The highest BCUT2D eigenvalue weighted by Gasteiger charge is 2.36. The maximum absolute atomic E-state index is 12.2. The molecule has 0 radical (unpaired) electrons. The van der Waals surface area contributed by atoms with E-state index in [4.69, 9.17) is 9.47 Å². The monoisotopic (exact) mass is 373 g/mol. The number of fused-ring (bicyclic) bond motifs is 1. The Balaban J connectivity index is 1.98. The topological polar surface area (TPSA) is 55.8 Å². The molecular weight excluding hydrogens is 355 g/mol. The van der Waals surface area contributed by atoms with E-state index in [1.807, 2.05) is 0 Å². The summed E-state index contributed by atoms with van der Waals surface area (Å²) < 4.78 is 72.9. The molecule has 0 bridgehead atoms. The summed E-state index contributed by atoms with van der Waals surface area (Å²) >= 11 is 1.43. The molecule has 1 aromatic heterocycles. The third-order valence-corrected chi connectivity index (χ3v) is 5.97. The van der Waals surface area contributed by atoms with Crippen LogP contribution in [0.4, 0.5) is 13.2 Å². The molecule has 0 saturated carbocycles. The lowest BCUT2D eigenvalue weighted by molar-refractivity contribution is -0.130. The fraction of sp³-hybridized carbons (Fsp3) is 0.692. The van der Waals surface area contributed by atoms with E-state index >= 15 is 0 Å². The van der Waals surface area contributed by atoms with Crippen LogP contribution in [-0.2, 0) is 10.0 Å². The van der Waals surface area contributed by atoms with Gasteiger partial charge in [0.1, 0.15) is 0 Å².